The molecule has 3 aliphatic heterocycles. The van der Waals surface area contributed by atoms with Crippen molar-refractivity contribution in [2.45, 2.75) is 48.5 Å². The van der Waals surface area contributed by atoms with Gasteiger partial charge in [-0.15, -0.1) is 0 Å². The van der Waals surface area contributed by atoms with E-state index in [1.807, 2.05) is 84.8 Å². The first-order valence-electron chi connectivity index (χ1n) is 11.8. The van der Waals surface area contributed by atoms with Crippen LogP contribution in [0, 0.1) is 0 Å². The summed E-state index contributed by atoms with van der Waals surface area (Å²) in [4.78, 5) is 41.4. The molecule has 1 aromatic rings. The normalized spacial score (nSPS) is 16.0. The first-order valence-corrected chi connectivity index (χ1v) is 11.8. The van der Waals surface area contributed by atoms with Gasteiger partial charge in [-0.1, -0.05) is 51.5 Å². The third kappa shape index (κ3) is 5.61. The van der Waals surface area contributed by atoms with E-state index < -0.39 is 0 Å². The van der Waals surface area contributed by atoms with Crippen LogP contribution in [0.5, 0.6) is 0 Å². The molecule has 184 valence electrons. The van der Waals surface area contributed by atoms with Crippen LogP contribution in [0.2, 0.25) is 0 Å². The summed E-state index contributed by atoms with van der Waals surface area (Å²) in [5.41, 5.74) is 5.57. The van der Waals surface area contributed by atoms with Crippen molar-refractivity contribution in [1.82, 2.24) is 14.6 Å². The van der Waals surface area contributed by atoms with Gasteiger partial charge in [0.05, 0.1) is 11.1 Å². The molecule has 35 heavy (non-hydrogen) atoms. The number of amides is 3. The molecule has 0 aliphatic carbocycles. The largest absolute Gasteiger partial charge is 0.367 e. The minimum Gasteiger partial charge on any atom is -0.367 e. The van der Waals surface area contributed by atoms with Crippen molar-refractivity contribution in [3.8, 4) is 0 Å². The molecule has 7 nitrogen and oxygen atoms in total. The summed E-state index contributed by atoms with van der Waals surface area (Å²) in [6, 6.07) is 7.56. The van der Waals surface area contributed by atoms with Crippen LogP contribution in [-0.2, 0) is 14.4 Å². The number of fused-ring (bicyclic) bond motifs is 2. The van der Waals surface area contributed by atoms with E-state index in [0.29, 0.717) is 29.1 Å². The van der Waals surface area contributed by atoms with Gasteiger partial charge in [-0.05, 0) is 40.9 Å². The highest BCUT2D eigenvalue weighted by molar-refractivity contribution is 6.46. The Hall–Kier alpha value is -3.06. The minimum absolute atomic E-state index is 0.119. The van der Waals surface area contributed by atoms with Gasteiger partial charge in [0.25, 0.3) is 5.91 Å². The molecule has 0 fully saturated rings. The number of hydrogen-bond acceptors (Lipinski definition) is 4. The van der Waals surface area contributed by atoms with Gasteiger partial charge in [-0.3, -0.25) is 14.4 Å². The molecule has 1 aromatic carbocycles. The summed E-state index contributed by atoms with van der Waals surface area (Å²) >= 11 is 0. The average Bonchev–Trinajstić information content (AvgIpc) is 3.34. The number of likely N-dealkylation sites (N-methyl/N-ethyl adjacent to an activating group) is 2. The molecular formula is C26H36B2N4O3. The number of carbonyl (C=O) groups excluding carboxylic acids is 3. The number of carbonyl (C=O) groups is 3. The molecule has 0 unspecified atom stereocenters. The van der Waals surface area contributed by atoms with Crippen molar-refractivity contribution in [3.05, 3.63) is 57.9 Å². The lowest BCUT2D eigenvalue weighted by Crippen LogP contribution is -2.31. The molecule has 9 heteroatoms. The zero-order valence-corrected chi connectivity index (χ0v) is 22.7. The van der Waals surface area contributed by atoms with Crippen LogP contribution in [-0.4, -0.2) is 76.0 Å². The number of benzene rings is 1. The van der Waals surface area contributed by atoms with E-state index in [1.54, 1.807) is 14.0 Å². The standard InChI is InChI=1S/C11H14BN3O2.C11H10BNO.2C2H6/c1-6-8-9(10(16)14(6)4)7(5-13(2)3)15(12)11(8)17;1-7(2)10-8-5-3-4-6-9(8)13(12)11(10)14;2*1-2/h5H2,1-4H3;3-6H,1-2H3;2*1-2H3. The second-order valence-corrected chi connectivity index (χ2v) is 8.13. The van der Waals surface area contributed by atoms with Gasteiger partial charge in [0.1, 0.15) is 0 Å². The van der Waals surface area contributed by atoms with Gasteiger partial charge in [0, 0.05) is 41.8 Å². The molecule has 0 bridgehead atoms. The fourth-order valence-corrected chi connectivity index (χ4v) is 3.85. The quantitative estimate of drug-likeness (QED) is 0.487. The Morgan fingerprint density at radius 3 is 1.91 bits per heavy atom. The van der Waals surface area contributed by atoms with Crippen molar-refractivity contribution < 1.29 is 14.4 Å². The second-order valence-electron chi connectivity index (χ2n) is 8.13. The SMILES string of the molecule is CC.CC.[B]N1C(=O)C(=C(C)C)c2ccccc21.[B]N1C(=O)C2=C(C)N(C)C(=O)C2=C1CN(C)C. The predicted octanol–water partition coefficient (Wildman–Crippen LogP) is 3.44. The monoisotopic (exact) mass is 474 g/mol. The molecule has 0 N–H and O–H groups in total. The van der Waals surface area contributed by atoms with Crippen molar-refractivity contribution in [3.63, 3.8) is 0 Å². The number of anilines is 1. The maximum absolute atomic E-state index is 12.1. The van der Waals surface area contributed by atoms with Gasteiger partial charge in [-0.2, -0.15) is 0 Å². The lowest BCUT2D eigenvalue weighted by molar-refractivity contribution is -0.123. The first-order chi connectivity index (χ1) is 16.5. The molecule has 0 atom stereocenters. The lowest BCUT2D eigenvalue weighted by Gasteiger charge is -2.21. The summed E-state index contributed by atoms with van der Waals surface area (Å²) in [5.74, 6) is -0.575. The van der Waals surface area contributed by atoms with E-state index in [1.165, 1.54) is 9.71 Å². The number of hydrogen-bond donors (Lipinski definition) is 0. The Kier molecular flexibility index (Phi) is 10.8. The second kappa shape index (κ2) is 12.6. The van der Waals surface area contributed by atoms with Crippen molar-refractivity contribution in [2.75, 3.05) is 32.5 Å². The third-order valence-corrected chi connectivity index (χ3v) is 5.48. The molecule has 3 aliphatic rings. The lowest BCUT2D eigenvalue weighted by atomic mass is 10.0. The van der Waals surface area contributed by atoms with E-state index in [-0.39, 0.29) is 17.7 Å². The van der Waals surface area contributed by atoms with E-state index in [9.17, 15) is 14.4 Å². The molecule has 3 amide bonds. The summed E-state index contributed by atoms with van der Waals surface area (Å²) in [5, 5.41) is 0. The highest BCUT2D eigenvalue weighted by atomic mass is 16.2. The average molecular weight is 474 g/mol. The number of para-hydroxylation sites is 1. The number of allylic oxidation sites excluding steroid dienone is 2. The fourth-order valence-electron chi connectivity index (χ4n) is 3.85. The predicted molar refractivity (Wildman–Crippen MR) is 144 cm³/mol. The Morgan fingerprint density at radius 2 is 1.40 bits per heavy atom. The van der Waals surface area contributed by atoms with E-state index in [2.05, 4.69) is 0 Å². The van der Waals surface area contributed by atoms with Crippen LogP contribution in [0.3, 0.4) is 0 Å². The first kappa shape index (κ1) is 30.0. The molecular weight excluding hydrogens is 438 g/mol. The molecule has 0 saturated carbocycles. The van der Waals surface area contributed by atoms with Gasteiger partial charge < -0.3 is 19.4 Å². The highest BCUT2D eigenvalue weighted by Gasteiger charge is 2.43. The van der Waals surface area contributed by atoms with Crippen molar-refractivity contribution in [1.29, 1.82) is 0 Å². The maximum atomic E-state index is 12.1. The Balaban J connectivity index is 0.000000311. The van der Waals surface area contributed by atoms with Gasteiger partial charge >= 0.3 is 0 Å². The van der Waals surface area contributed by atoms with Gasteiger partial charge in [0.15, 0.2) is 0 Å². The Labute approximate surface area is 213 Å². The summed E-state index contributed by atoms with van der Waals surface area (Å²) in [7, 11) is 16.8. The van der Waals surface area contributed by atoms with E-state index in [4.69, 9.17) is 16.0 Å². The Bertz CT molecular complexity index is 1090. The van der Waals surface area contributed by atoms with Crippen LogP contribution in [0.15, 0.2) is 52.4 Å². The Morgan fingerprint density at radius 1 is 0.857 bits per heavy atom. The van der Waals surface area contributed by atoms with Gasteiger partial charge in [-0.25, -0.2) is 0 Å². The fraction of sp³-hybridized carbons (Fsp3) is 0.423. The van der Waals surface area contributed by atoms with Crippen molar-refractivity contribution >= 4 is 44.9 Å². The molecule has 3 heterocycles. The summed E-state index contributed by atoms with van der Waals surface area (Å²) in [6.07, 6.45) is 0. The van der Waals surface area contributed by atoms with Crippen molar-refractivity contribution in [2.24, 2.45) is 0 Å². The molecule has 4 rings (SSSR count). The summed E-state index contributed by atoms with van der Waals surface area (Å²) < 4.78 is 0. The molecule has 4 radical (unpaired) electrons. The molecule has 0 aromatic heterocycles. The highest BCUT2D eigenvalue weighted by Crippen LogP contribution is 2.38. The number of rotatable bonds is 2. The third-order valence-electron chi connectivity index (χ3n) is 5.48. The zero-order chi connectivity index (χ0) is 27.2. The zero-order valence-electron chi connectivity index (χ0n) is 22.7. The van der Waals surface area contributed by atoms with Crippen LogP contribution in [0.4, 0.5) is 5.69 Å². The van der Waals surface area contributed by atoms with Crippen LogP contribution >= 0.6 is 0 Å². The molecule has 0 saturated heterocycles. The van der Waals surface area contributed by atoms with Crippen LogP contribution < -0.4 is 4.81 Å². The minimum atomic E-state index is -0.299. The van der Waals surface area contributed by atoms with Crippen LogP contribution in [0.1, 0.15) is 54.0 Å². The van der Waals surface area contributed by atoms with E-state index >= 15 is 0 Å². The summed E-state index contributed by atoms with van der Waals surface area (Å²) in [6.45, 7) is 14.1. The van der Waals surface area contributed by atoms with Crippen LogP contribution in [0.25, 0.3) is 5.57 Å². The number of nitrogens with zero attached hydrogens (tertiary/aromatic N) is 4. The molecule has 0 spiro atoms. The maximum Gasteiger partial charge on any atom is 0.260 e. The topological polar surface area (TPSA) is 64.2 Å². The smallest absolute Gasteiger partial charge is 0.260 e. The van der Waals surface area contributed by atoms with E-state index in [0.717, 1.165) is 27.2 Å². The van der Waals surface area contributed by atoms with Gasteiger partial charge in [0.2, 0.25) is 27.8 Å².